The number of carbonyl (C=O) groups excluding carboxylic acids is 2. The van der Waals surface area contributed by atoms with E-state index < -0.39 is 18.0 Å². The van der Waals surface area contributed by atoms with Gasteiger partial charge >= 0.3 is 18.0 Å². The maximum atomic E-state index is 11.6. The molecule has 0 aliphatic rings. The highest BCUT2D eigenvalue weighted by atomic mass is 32.1. The second-order valence-electron chi connectivity index (χ2n) is 3.96. The first-order valence-electron chi connectivity index (χ1n) is 5.74. The van der Waals surface area contributed by atoms with Gasteiger partial charge in [-0.1, -0.05) is 0 Å². The SMILES string of the molecule is Cc1sc(NC(=O)NCCNC(N)=O)c(C(=O)O)c1C. The minimum absolute atomic E-state index is 0.0953. The maximum Gasteiger partial charge on any atom is 0.338 e. The smallest absolute Gasteiger partial charge is 0.338 e. The number of carbonyl (C=O) groups is 3. The van der Waals surface area contributed by atoms with Gasteiger partial charge in [-0.05, 0) is 19.4 Å². The monoisotopic (exact) mass is 300 g/mol. The average Bonchev–Trinajstić information content (AvgIpc) is 2.60. The van der Waals surface area contributed by atoms with Gasteiger partial charge in [-0.25, -0.2) is 14.4 Å². The number of aryl methyl sites for hydroxylation is 1. The van der Waals surface area contributed by atoms with Crippen molar-refractivity contribution in [3.05, 3.63) is 16.0 Å². The van der Waals surface area contributed by atoms with Crippen LogP contribution >= 0.6 is 11.3 Å². The highest BCUT2D eigenvalue weighted by Crippen LogP contribution is 2.32. The molecule has 9 heteroatoms. The lowest BCUT2D eigenvalue weighted by molar-refractivity contribution is 0.0697. The van der Waals surface area contributed by atoms with Crippen molar-refractivity contribution in [2.24, 2.45) is 5.73 Å². The zero-order valence-electron chi connectivity index (χ0n) is 11.1. The number of hydrogen-bond acceptors (Lipinski definition) is 4. The van der Waals surface area contributed by atoms with Crippen molar-refractivity contribution in [3.8, 4) is 0 Å². The Labute approximate surface area is 119 Å². The molecular weight excluding hydrogens is 284 g/mol. The molecule has 20 heavy (non-hydrogen) atoms. The molecule has 0 unspecified atom stereocenters. The minimum atomic E-state index is -1.09. The molecule has 0 radical (unpaired) electrons. The lowest BCUT2D eigenvalue weighted by Gasteiger charge is -2.07. The summed E-state index contributed by atoms with van der Waals surface area (Å²) in [5.74, 6) is -1.09. The number of nitrogens with one attached hydrogen (secondary N) is 3. The van der Waals surface area contributed by atoms with E-state index in [-0.39, 0.29) is 23.7 Å². The summed E-state index contributed by atoms with van der Waals surface area (Å²) in [5.41, 5.74) is 5.59. The number of primary amides is 1. The molecule has 1 rings (SSSR count). The Morgan fingerprint density at radius 2 is 1.80 bits per heavy atom. The molecule has 0 saturated carbocycles. The molecule has 0 aliphatic carbocycles. The van der Waals surface area contributed by atoms with Gasteiger partial charge in [-0.2, -0.15) is 0 Å². The Morgan fingerprint density at radius 3 is 2.35 bits per heavy atom. The van der Waals surface area contributed by atoms with E-state index in [0.29, 0.717) is 5.56 Å². The minimum Gasteiger partial charge on any atom is -0.478 e. The van der Waals surface area contributed by atoms with Crippen LogP contribution in [0.1, 0.15) is 20.8 Å². The topological polar surface area (TPSA) is 134 Å². The number of hydrogen-bond donors (Lipinski definition) is 5. The molecule has 4 amide bonds. The third-order valence-corrected chi connectivity index (χ3v) is 3.66. The fourth-order valence-corrected chi connectivity index (χ4v) is 2.53. The van der Waals surface area contributed by atoms with Crippen molar-refractivity contribution in [1.29, 1.82) is 0 Å². The van der Waals surface area contributed by atoms with Crippen LogP contribution in [-0.2, 0) is 0 Å². The first kappa shape index (κ1) is 15.8. The second-order valence-corrected chi connectivity index (χ2v) is 5.19. The fraction of sp³-hybridized carbons (Fsp3) is 0.364. The van der Waals surface area contributed by atoms with Gasteiger partial charge in [0, 0.05) is 18.0 Å². The molecule has 0 aliphatic heterocycles. The number of amides is 4. The summed E-state index contributed by atoms with van der Waals surface area (Å²) in [6, 6.07) is -1.22. The molecule has 0 bridgehead atoms. The van der Waals surface area contributed by atoms with Crippen LogP contribution in [0.3, 0.4) is 0 Å². The predicted molar refractivity (Wildman–Crippen MR) is 75.4 cm³/mol. The van der Waals surface area contributed by atoms with Crippen LogP contribution in [0, 0.1) is 13.8 Å². The Bertz CT molecular complexity index is 541. The Hall–Kier alpha value is -2.29. The van der Waals surface area contributed by atoms with E-state index in [9.17, 15) is 14.4 Å². The van der Waals surface area contributed by atoms with Crippen LogP contribution in [0.5, 0.6) is 0 Å². The highest BCUT2D eigenvalue weighted by molar-refractivity contribution is 7.16. The third-order valence-electron chi connectivity index (χ3n) is 2.54. The van der Waals surface area contributed by atoms with Gasteiger partial charge in [0.1, 0.15) is 5.00 Å². The quantitative estimate of drug-likeness (QED) is 0.515. The third kappa shape index (κ3) is 4.12. The van der Waals surface area contributed by atoms with E-state index in [2.05, 4.69) is 16.0 Å². The molecule has 6 N–H and O–H groups in total. The van der Waals surface area contributed by atoms with Crippen LogP contribution in [0.2, 0.25) is 0 Å². The van der Waals surface area contributed by atoms with E-state index >= 15 is 0 Å². The van der Waals surface area contributed by atoms with Crippen molar-refractivity contribution in [1.82, 2.24) is 10.6 Å². The fourth-order valence-electron chi connectivity index (χ4n) is 1.48. The van der Waals surface area contributed by atoms with Gasteiger partial charge in [-0.3, -0.25) is 5.32 Å². The van der Waals surface area contributed by atoms with Gasteiger partial charge < -0.3 is 21.5 Å². The normalized spacial score (nSPS) is 9.90. The van der Waals surface area contributed by atoms with E-state index in [1.165, 1.54) is 11.3 Å². The molecule has 0 aromatic carbocycles. The maximum absolute atomic E-state index is 11.6. The highest BCUT2D eigenvalue weighted by Gasteiger charge is 2.20. The molecule has 0 atom stereocenters. The summed E-state index contributed by atoms with van der Waals surface area (Å²) >= 11 is 1.20. The Morgan fingerprint density at radius 1 is 1.20 bits per heavy atom. The number of carboxylic acids is 1. The summed E-state index contributed by atoms with van der Waals surface area (Å²) in [5, 5.41) is 16.7. The van der Waals surface area contributed by atoms with Gasteiger partial charge in [0.05, 0.1) is 5.56 Å². The second kappa shape index (κ2) is 6.75. The van der Waals surface area contributed by atoms with Gasteiger partial charge in [0.15, 0.2) is 0 Å². The van der Waals surface area contributed by atoms with Crippen molar-refractivity contribution >= 4 is 34.4 Å². The van der Waals surface area contributed by atoms with E-state index in [4.69, 9.17) is 10.8 Å². The van der Waals surface area contributed by atoms with Crippen molar-refractivity contribution in [2.75, 3.05) is 18.4 Å². The zero-order valence-corrected chi connectivity index (χ0v) is 11.9. The Balaban J connectivity index is 2.60. The first-order valence-corrected chi connectivity index (χ1v) is 6.56. The molecule has 1 heterocycles. The number of rotatable bonds is 5. The molecule has 0 spiro atoms. The standard InChI is InChI=1S/C11H16N4O4S/c1-5-6(2)20-8(7(5)9(16)17)15-11(19)14-4-3-13-10(12)18/h3-4H2,1-2H3,(H,16,17)(H3,12,13,18)(H2,14,15,19). The molecule has 0 fully saturated rings. The van der Waals surface area contributed by atoms with Gasteiger partial charge in [-0.15, -0.1) is 11.3 Å². The number of anilines is 1. The van der Waals surface area contributed by atoms with E-state index in [1.807, 2.05) is 0 Å². The van der Waals surface area contributed by atoms with E-state index in [0.717, 1.165) is 4.88 Å². The number of aromatic carboxylic acids is 1. The summed E-state index contributed by atoms with van der Waals surface area (Å²) in [6.07, 6.45) is 0. The van der Waals surface area contributed by atoms with Crippen molar-refractivity contribution in [2.45, 2.75) is 13.8 Å². The van der Waals surface area contributed by atoms with Crippen LogP contribution < -0.4 is 21.7 Å². The number of nitrogens with two attached hydrogens (primary N) is 1. The summed E-state index contributed by atoms with van der Waals surface area (Å²) < 4.78 is 0. The largest absolute Gasteiger partial charge is 0.478 e. The molecule has 110 valence electrons. The summed E-state index contributed by atoms with van der Waals surface area (Å²) in [7, 11) is 0. The molecule has 0 saturated heterocycles. The number of urea groups is 2. The van der Waals surface area contributed by atoms with Crippen LogP contribution in [0.25, 0.3) is 0 Å². The molecule has 8 nitrogen and oxygen atoms in total. The summed E-state index contributed by atoms with van der Waals surface area (Å²) in [4.78, 5) is 34.0. The molecular formula is C11H16N4O4S. The molecule has 1 aromatic heterocycles. The predicted octanol–water partition coefficient (Wildman–Crippen LogP) is 0.853. The number of carboxylic acid groups (broad SMARTS) is 1. The first-order chi connectivity index (χ1) is 9.32. The van der Waals surface area contributed by atoms with Gasteiger partial charge in [0.25, 0.3) is 0 Å². The summed E-state index contributed by atoms with van der Waals surface area (Å²) in [6.45, 7) is 3.85. The lowest BCUT2D eigenvalue weighted by atomic mass is 10.1. The van der Waals surface area contributed by atoms with Crippen molar-refractivity contribution in [3.63, 3.8) is 0 Å². The number of thiophene rings is 1. The lowest BCUT2D eigenvalue weighted by Crippen LogP contribution is -2.38. The van der Waals surface area contributed by atoms with Crippen molar-refractivity contribution < 1.29 is 19.5 Å². The Kier molecular flexibility index (Phi) is 5.32. The van der Waals surface area contributed by atoms with Gasteiger partial charge in [0.2, 0.25) is 0 Å². The average molecular weight is 300 g/mol. The van der Waals surface area contributed by atoms with Crippen LogP contribution in [-0.4, -0.2) is 36.2 Å². The van der Waals surface area contributed by atoms with Crippen LogP contribution in [0.15, 0.2) is 0 Å². The van der Waals surface area contributed by atoms with E-state index in [1.54, 1.807) is 13.8 Å². The van der Waals surface area contributed by atoms with Crippen LogP contribution in [0.4, 0.5) is 14.6 Å². The molecule has 1 aromatic rings. The zero-order chi connectivity index (χ0) is 15.3.